The molecule has 0 radical (unpaired) electrons. The third-order valence-electron chi connectivity index (χ3n) is 12.2. The Morgan fingerprint density at radius 3 is 1.79 bits per heavy atom. The zero-order chi connectivity index (χ0) is 43.3. The van der Waals surface area contributed by atoms with Crippen LogP contribution >= 0.6 is 0 Å². The number of nitrogens with one attached hydrogen (secondary N) is 4. The summed E-state index contributed by atoms with van der Waals surface area (Å²) >= 11 is 0. The first-order valence-corrected chi connectivity index (χ1v) is 20.7. The number of hydrogen-bond donors (Lipinski definition) is 4. The smallest absolute Gasteiger partial charge is 0.407 e. The van der Waals surface area contributed by atoms with Crippen molar-refractivity contribution < 1.29 is 37.4 Å². The van der Waals surface area contributed by atoms with Gasteiger partial charge >= 0.3 is 12.2 Å². The number of rotatable bonds is 10. The van der Waals surface area contributed by atoms with Crippen molar-refractivity contribution in [2.45, 2.75) is 83.5 Å². The first kappa shape index (κ1) is 41.4. The van der Waals surface area contributed by atoms with E-state index in [-0.39, 0.29) is 46.9 Å². The number of halogens is 2. The lowest BCUT2D eigenvalue weighted by molar-refractivity contribution is -0.136. The number of imidazole rings is 2. The molecule has 4 N–H and O–H groups in total. The topological polar surface area (TPSA) is 175 Å². The number of likely N-dealkylation sites (tertiary alicyclic amines) is 2. The lowest BCUT2D eigenvalue weighted by atomic mass is 9.98. The highest BCUT2D eigenvalue weighted by Crippen LogP contribution is 2.53. The number of alkyl carbamates (subject to hydrolysis) is 2. The molecule has 5 aromatic rings. The maximum absolute atomic E-state index is 16.5. The molecule has 4 atom stereocenters. The average Bonchev–Trinajstić information content (AvgIpc) is 4.10. The minimum atomic E-state index is -3.28. The summed E-state index contributed by atoms with van der Waals surface area (Å²) in [7, 11) is 2.51. The number of ether oxygens (including phenoxy) is 2. The molecule has 2 aliphatic heterocycles. The maximum Gasteiger partial charge on any atom is 0.407 e. The summed E-state index contributed by atoms with van der Waals surface area (Å²) in [5, 5.41) is 5.32. The highest BCUT2D eigenvalue weighted by Gasteiger charge is 2.45. The van der Waals surface area contributed by atoms with Gasteiger partial charge in [-0.25, -0.2) is 19.6 Å². The third-order valence-corrected chi connectivity index (χ3v) is 12.2. The van der Waals surface area contributed by atoms with Crippen LogP contribution in [0.3, 0.4) is 0 Å². The van der Waals surface area contributed by atoms with Gasteiger partial charge in [-0.05, 0) is 84.0 Å². The van der Waals surface area contributed by atoms with Gasteiger partial charge in [-0.2, -0.15) is 8.78 Å². The molecule has 2 saturated heterocycles. The molecule has 4 heterocycles. The van der Waals surface area contributed by atoms with Crippen molar-refractivity contribution in [2.75, 3.05) is 27.3 Å². The normalized spacial score (nSPS) is 18.9. The number of aromatic amines is 2. The van der Waals surface area contributed by atoms with E-state index in [0.29, 0.717) is 76.6 Å². The second-order valence-electron chi connectivity index (χ2n) is 16.7. The highest BCUT2D eigenvalue weighted by molar-refractivity contribution is 5.89. The Morgan fingerprint density at radius 2 is 1.23 bits per heavy atom. The number of H-pyrrole nitrogens is 2. The number of amides is 4. The Hall–Kier alpha value is -6.32. The molecule has 2 fully saturated rings. The first-order valence-electron chi connectivity index (χ1n) is 20.7. The van der Waals surface area contributed by atoms with Crippen LogP contribution in [-0.2, 0) is 25.0 Å². The Kier molecular flexibility index (Phi) is 11.0. The van der Waals surface area contributed by atoms with Crippen molar-refractivity contribution in [1.29, 1.82) is 0 Å². The monoisotopic (exact) mass is 836 g/mol. The molecule has 1 aliphatic carbocycles. The van der Waals surface area contributed by atoms with Gasteiger partial charge in [0.25, 0.3) is 5.92 Å². The second kappa shape index (κ2) is 16.3. The summed E-state index contributed by atoms with van der Waals surface area (Å²) < 4.78 is 42.5. The predicted molar refractivity (Wildman–Crippen MR) is 223 cm³/mol. The Morgan fingerprint density at radius 1 is 0.721 bits per heavy atom. The highest BCUT2D eigenvalue weighted by atomic mass is 19.3. The Balaban J connectivity index is 1.01. The zero-order valence-electron chi connectivity index (χ0n) is 35.0. The lowest BCUT2D eigenvalue weighted by Crippen LogP contribution is -2.51. The summed E-state index contributed by atoms with van der Waals surface area (Å²) in [4.78, 5) is 70.9. The summed E-state index contributed by atoms with van der Waals surface area (Å²) in [5.41, 5.74) is 4.53. The fourth-order valence-corrected chi connectivity index (χ4v) is 8.98. The zero-order valence-corrected chi connectivity index (χ0v) is 35.0. The summed E-state index contributed by atoms with van der Waals surface area (Å²) in [6, 6.07) is 13.5. The number of nitrogens with zero attached hydrogens (tertiary/aromatic N) is 4. The Labute approximate surface area is 351 Å². The molecule has 0 bridgehead atoms. The first-order chi connectivity index (χ1) is 29.2. The number of benzene rings is 3. The van der Waals surface area contributed by atoms with Crippen LogP contribution in [0, 0.1) is 11.8 Å². The van der Waals surface area contributed by atoms with Crippen molar-refractivity contribution in [3.05, 3.63) is 83.6 Å². The van der Waals surface area contributed by atoms with Crippen LogP contribution in [-0.4, -0.2) is 93.1 Å². The van der Waals surface area contributed by atoms with E-state index >= 15 is 8.78 Å². The number of carbonyl (C=O) groups excluding carboxylic acids is 4. The summed E-state index contributed by atoms with van der Waals surface area (Å²) in [6.45, 7) is 8.44. The molecule has 0 saturated carbocycles. The molecular weight excluding hydrogens is 787 g/mol. The van der Waals surface area contributed by atoms with Crippen LogP contribution in [0.1, 0.15) is 88.2 Å². The van der Waals surface area contributed by atoms with Crippen molar-refractivity contribution in [2.24, 2.45) is 11.8 Å². The summed E-state index contributed by atoms with van der Waals surface area (Å²) in [5.74, 6) is -2.91. The SMILES string of the molecule is COC(=O)NC(C(=O)N1CCCC1c1ncc(-c2ccc3c(c2)C(F)(F)c2cc(-c4ccc5nc(C6CCCN6C(=O)C(NC(=O)OC)C(C)C)[nH]c5c4)ccc2-3)[nH]1)C(C)C. The van der Waals surface area contributed by atoms with Crippen molar-refractivity contribution in [3.63, 3.8) is 0 Å². The van der Waals surface area contributed by atoms with Crippen LogP contribution in [0.25, 0.3) is 44.5 Å². The van der Waals surface area contributed by atoms with Crippen molar-refractivity contribution >= 4 is 35.0 Å². The molecule has 2 aromatic heterocycles. The molecule has 3 aliphatic rings. The largest absolute Gasteiger partial charge is 0.453 e. The lowest BCUT2D eigenvalue weighted by Gasteiger charge is -2.30. The minimum absolute atomic E-state index is 0.0893. The predicted octanol–water partition coefficient (Wildman–Crippen LogP) is 7.83. The number of alkyl halides is 2. The van der Waals surface area contributed by atoms with E-state index < -0.39 is 30.2 Å². The van der Waals surface area contributed by atoms with Gasteiger partial charge in [-0.1, -0.05) is 58.0 Å². The van der Waals surface area contributed by atoms with Gasteiger partial charge in [0.2, 0.25) is 11.8 Å². The number of hydrogen-bond acceptors (Lipinski definition) is 8. The minimum Gasteiger partial charge on any atom is -0.453 e. The van der Waals surface area contributed by atoms with Gasteiger partial charge in [0, 0.05) is 29.8 Å². The fraction of sp³-hybridized carbons (Fsp3) is 0.422. The van der Waals surface area contributed by atoms with Crippen LogP contribution in [0.2, 0.25) is 0 Å². The van der Waals surface area contributed by atoms with E-state index in [1.54, 1.807) is 40.3 Å². The number of aromatic nitrogens is 4. The number of carbonyl (C=O) groups is 4. The van der Waals surface area contributed by atoms with E-state index in [0.717, 1.165) is 18.4 Å². The van der Waals surface area contributed by atoms with Gasteiger partial charge in [0.15, 0.2) is 0 Å². The second-order valence-corrected chi connectivity index (χ2v) is 16.7. The van der Waals surface area contributed by atoms with Crippen LogP contribution < -0.4 is 10.6 Å². The molecule has 4 amide bonds. The standard InChI is InChI=1S/C45H50F2N8O6/c1-23(2)37(52-43(58)60-5)41(56)54-17-7-9-35(54)39-48-22-34(51-39)27-12-15-29-28-14-11-25(19-30(28)45(46,47)31(29)20-27)26-13-16-32-33(21-26)50-40(49-32)36-10-8-18-55(36)42(57)38(24(3)4)53-44(59)61-6/h11-16,19-24,35-38H,7-10,17-18H2,1-6H3,(H,48,51)(H,49,50)(H,52,58)(H,53,59). The van der Waals surface area contributed by atoms with E-state index in [2.05, 4.69) is 25.6 Å². The third kappa shape index (κ3) is 7.56. The van der Waals surface area contributed by atoms with Gasteiger partial charge in [0.05, 0.1) is 49.2 Å². The van der Waals surface area contributed by atoms with E-state index in [1.165, 1.54) is 20.3 Å². The Bertz CT molecular complexity index is 2510. The quantitative estimate of drug-likeness (QED) is 0.110. The van der Waals surface area contributed by atoms with E-state index in [4.69, 9.17) is 14.5 Å². The molecular formula is C45H50F2N8O6. The fourth-order valence-electron chi connectivity index (χ4n) is 8.98. The molecule has 4 unspecified atom stereocenters. The van der Waals surface area contributed by atoms with Gasteiger partial charge < -0.3 is 39.9 Å². The van der Waals surface area contributed by atoms with Gasteiger partial charge in [-0.3, -0.25) is 9.59 Å². The van der Waals surface area contributed by atoms with Crippen molar-refractivity contribution in [1.82, 2.24) is 40.4 Å². The number of methoxy groups -OCH3 is 2. The molecule has 8 rings (SSSR count). The van der Waals surface area contributed by atoms with Crippen molar-refractivity contribution in [3.8, 4) is 33.5 Å². The molecule has 0 spiro atoms. The van der Waals surface area contributed by atoms with Gasteiger partial charge in [0.1, 0.15) is 23.7 Å². The summed E-state index contributed by atoms with van der Waals surface area (Å²) in [6.07, 6.45) is 3.13. The van der Waals surface area contributed by atoms with E-state index in [1.807, 2.05) is 52.0 Å². The molecule has 16 heteroatoms. The average molecular weight is 837 g/mol. The van der Waals surface area contributed by atoms with Crippen LogP contribution in [0.4, 0.5) is 18.4 Å². The van der Waals surface area contributed by atoms with Gasteiger partial charge in [-0.15, -0.1) is 0 Å². The van der Waals surface area contributed by atoms with Crippen LogP contribution in [0.5, 0.6) is 0 Å². The molecule has 3 aromatic carbocycles. The van der Waals surface area contributed by atoms with E-state index in [9.17, 15) is 19.2 Å². The molecule has 14 nitrogen and oxygen atoms in total. The maximum atomic E-state index is 16.5. The van der Waals surface area contributed by atoms with Crippen LogP contribution in [0.15, 0.2) is 60.8 Å². The molecule has 61 heavy (non-hydrogen) atoms. The molecule has 320 valence electrons. The number of fused-ring (bicyclic) bond motifs is 4.